The smallest absolute Gasteiger partial charge is 0.410 e. The third kappa shape index (κ3) is 3.69. The molecule has 0 aromatic heterocycles. The summed E-state index contributed by atoms with van der Waals surface area (Å²) in [5.74, 6) is -0.281. The Bertz CT molecular complexity index is 285. The van der Waals surface area contributed by atoms with Crippen LogP contribution in [-0.4, -0.2) is 53.3 Å². The van der Waals surface area contributed by atoms with Crippen LogP contribution in [-0.2, 0) is 9.53 Å². The Balaban J connectivity index is 2.59. The van der Waals surface area contributed by atoms with E-state index >= 15 is 0 Å². The lowest BCUT2D eigenvalue weighted by Gasteiger charge is -2.33. The molecular weight excluding hydrogens is 212 g/mol. The maximum atomic E-state index is 11.7. The van der Waals surface area contributed by atoms with Crippen LogP contribution in [0.4, 0.5) is 4.79 Å². The molecule has 92 valence electrons. The molecular formula is C10H18N2O4. The van der Waals surface area contributed by atoms with Crippen LogP contribution in [0.15, 0.2) is 0 Å². The van der Waals surface area contributed by atoms with E-state index in [0.29, 0.717) is 0 Å². The number of rotatable bonds is 1. The first-order valence-corrected chi connectivity index (χ1v) is 5.20. The average Bonchev–Trinajstić information content (AvgIpc) is 2.14. The first kappa shape index (κ1) is 12.8. The van der Waals surface area contributed by atoms with Gasteiger partial charge >= 0.3 is 6.09 Å². The Morgan fingerprint density at radius 2 is 2.25 bits per heavy atom. The summed E-state index contributed by atoms with van der Waals surface area (Å²) < 4.78 is 5.14. The van der Waals surface area contributed by atoms with Crippen LogP contribution in [0.1, 0.15) is 20.8 Å². The fraction of sp³-hybridized carbons (Fsp3) is 0.800. The third-order valence-electron chi connectivity index (χ3n) is 2.01. The van der Waals surface area contributed by atoms with Crippen molar-refractivity contribution in [1.82, 2.24) is 10.2 Å². The molecule has 1 unspecified atom stereocenters. The predicted octanol–water partition coefficient (Wildman–Crippen LogP) is -0.286. The SMILES string of the molecule is CC(C)(C)OC(=O)N1CC(=O)NC(CO)C1. The van der Waals surface area contributed by atoms with Gasteiger partial charge < -0.3 is 15.2 Å². The summed E-state index contributed by atoms with van der Waals surface area (Å²) in [6, 6.07) is -0.409. The lowest BCUT2D eigenvalue weighted by Crippen LogP contribution is -2.57. The molecule has 1 atom stereocenters. The van der Waals surface area contributed by atoms with E-state index in [0.717, 1.165) is 0 Å². The first-order valence-electron chi connectivity index (χ1n) is 5.20. The molecule has 16 heavy (non-hydrogen) atoms. The van der Waals surface area contributed by atoms with E-state index in [4.69, 9.17) is 9.84 Å². The van der Waals surface area contributed by atoms with Crippen molar-refractivity contribution in [2.24, 2.45) is 0 Å². The van der Waals surface area contributed by atoms with Gasteiger partial charge in [-0.3, -0.25) is 9.69 Å². The molecule has 1 saturated heterocycles. The molecule has 0 radical (unpaired) electrons. The van der Waals surface area contributed by atoms with Gasteiger partial charge in [-0.1, -0.05) is 0 Å². The number of hydrogen-bond donors (Lipinski definition) is 2. The minimum Gasteiger partial charge on any atom is -0.444 e. The van der Waals surface area contributed by atoms with Crippen LogP contribution in [0.5, 0.6) is 0 Å². The van der Waals surface area contributed by atoms with Crippen molar-refractivity contribution in [3.8, 4) is 0 Å². The lowest BCUT2D eigenvalue weighted by atomic mass is 10.2. The number of aliphatic hydroxyl groups is 1. The molecule has 1 aliphatic rings. The molecule has 0 aromatic rings. The molecule has 0 bridgehead atoms. The predicted molar refractivity (Wildman–Crippen MR) is 56.8 cm³/mol. The van der Waals surface area contributed by atoms with Crippen LogP contribution >= 0.6 is 0 Å². The van der Waals surface area contributed by atoms with E-state index in [-0.39, 0.29) is 25.6 Å². The van der Waals surface area contributed by atoms with Crippen molar-refractivity contribution in [1.29, 1.82) is 0 Å². The minimum absolute atomic E-state index is 0.0224. The van der Waals surface area contributed by atoms with Crippen molar-refractivity contribution in [3.63, 3.8) is 0 Å². The standard InChI is InChI=1S/C10H18N2O4/c1-10(2,3)16-9(15)12-4-7(6-13)11-8(14)5-12/h7,13H,4-6H2,1-3H3,(H,11,14). The Morgan fingerprint density at radius 1 is 1.62 bits per heavy atom. The summed E-state index contributed by atoms with van der Waals surface area (Å²) in [7, 11) is 0. The van der Waals surface area contributed by atoms with E-state index in [9.17, 15) is 9.59 Å². The van der Waals surface area contributed by atoms with E-state index in [2.05, 4.69) is 5.32 Å². The molecule has 1 rings (SSSR count). The molecule has 1 fully saturated rings. The topological polar surface area (TPSA) is 78.9 Å². The lowest BCUT2D eigenvalue weighted by molar-refractivity contribution is -0.126. The summed E-state index contributed by atoms with van der Waals surface area (Å²) in [4.78, 5) is 24.2. The zero-order chi connectivity index (χ0) is 12.3. The van der Waals surface area contributed by atoms with E-state index in [1.807, 2.05) is 0 Å². The van der Waals surface area contributed by atoms with Gasteiger partial charge in [0, 0.05) is 6.54 Å². The van der Waals surface area contributed by atoms with Gasteiger partial charge in [-0.2, -0.15) is 0 Å². The van der Waals surface area contributed by atoms with E-state index in [1.54, 1.807) is 20.8 Å². The number of carbonyl (C=O) groups is 2. The number of amides is 2. The van der Waals surface area contributed by atoms with Gasteiger partial charge in [-0.05, 0) is 20.8 Å². The molecule has 2 N–H and O–H groups in total. The highest BCUT2D eigenvalue weighted by Gasteiger charge is 2.30. The Labute approximate surface area is 94.6 Å². The number of nitrogens with one attached hydrogen (secondary N) is 1. The fourth-order valence-electron chi connectivity index (χ4n) is 1.39. The summed E-state index contributed by atoms with van der Waals surface area (Å²) >= 11 is 0. The highest BCUT2D eigenvalue weighted by atomic mass is 16.6. The third-order valence-corrected chi connectivity index (χ3v) is 2.01. The average molecular weight is 230 g/mol. The monoisotopic (exact) mass is 230 g/mol. The maximum absolute atomic E-state index is 11.7. The molecule has 1 heterocycles. The van der Waals surface area contributed by atoms with Crippen molar-refractivity contribution < 1.29 is 19.4 Å². The first-order chi connectivity index (χ1) is 7.31. The van der Waals surface area contributed by atoms with Crippen LogP contribution in [0.25, 0.3) is 0 Å². The second-order valence-corrected chi connectivity index (χ2v) is 4.81. The second kappa shape index (κ2) is 4.69. The Hall–Kier alpha value is -1.30. The minimum atomic E-state index is -0.584. The molecule has 0 spiro atoms. The number of hydrogen-bond acceptors (Lipinski definition) is 4. The second-order valence-electron chi connectivity index (χ2n) is 4.81. The molecule has 0 saturated carbocycles. The van der Waals surface area contributed by atoms with Gasteiger partial charge in [-0.15, -0.1) is 0 Å². The van der Waals surface area contributed by atoms with Gasteiger partial charge in [-0.25, -0.2) is 4.79 Å². The summed E-state index contributed by atoms with van der Waals surface area (Å²) in [5, 5.41) is 11.5. The van der Waals surface area contributed by atoms with E-state index in [1.165, 1.54) is 4.90 Å². The van der Waals surface area contributed by atoms with Gasteiger partial charge in [0.05, 0.1) is 12.6 Å². The highest BCUT2D eigenvalue weighted by Crippen LogP contribution is 2.11. The zero-order valence-corrected chi connectivity index (χ0v) is 9.82. The van der Waals surface area contributed by atoms with Crippen molar-refractivity contribution in [3.05, 3.63) is 0 Å². The Kier molecular flexibility index (Phi) is 3.74. The van der Waals surface area contributed by atoms with Crippen molar-refractivity contribution >= 4 is 12.0 Å². The summed E-state index contributed by atoms with van der Waals surface area (Å²) in [5.41, 5.74) is -0.584. The van der Waals surface area contributed by atoms with E-state index < -0.39 is 17.7 Å². The van der Waals surface area contributed by atoms with Gasteiger partial charge in [0.15, 0.2) is 0 Å². The van der Waals surface area contributed by atoms with Crippen LogP contribution < -0.4 is 5.32 Å². The number of aliphatic hydroxyl groups excluding tert-OH is 1. The summed E-state index contributed by atoms with van der Waals surface area (Å²) in [6.45, 7) is 5.35. The van der Waals surface area contributed by atoms with Crippen LogP contribution in [0, 0.1) is 0 Å². The maximum Gasteiger partial charge on any atom is 0.410 e. The van der Waals surface area contributed by atoms with Crippen LogP contribution in [0.3, 0.4) is 0 Å². The normalized spacial score (nSPS) is 21.6. The van der Waals surface area contributed by atoms with Crippen LogP contribution in [0.2, 0.25) is 0 Å². The van der Waals surface area contributed by atoms with Gasteiger partial charge in [0.2, 0.25) is 5.91 Å². The number of piperazine rings is 1. The number of ether oxygens (including phenoxy) is 1. The zero-order valence-electron chi connectivity index (χ0n) is 9.82. The number of nitrogens with zero attached hydrogens (tertiary/aromatic N) is 1. The van der Waals surface area contributed by atoms with Gasteiger partial charge in [0.25, 0.3) is 0 Å². The molecule has 6 heteroatoms. The van der Waals surface area contributed by atoms with Gasteiger partial charge in [0.1, 0.15) is 12.1 Å². The van der Waals surface area contributed by atoms with Crippen molar-refractivity contribution in [2.45, 2.75) is 32.4 Å². The molecule has 1 aliphatic heterocycles. The highest BCUT2D eigenvalue weighted by molar-refractivity contribution is 5.83. The molecule has 2 amide bonds. The molecule has 0 aliphatic carbocycles. The number of carbonyl (C=O) groups excluding carboxylic acids is 2. The molecule has 0 aromatic carbocycles. The Morgan fingerprint density at radius 3 is 2.75 bits per heavy atom. The largest absolute Gasteiger partial charge is 0.444 e. The molecule has 6 nitrogen and oxygen atoms in total. The fourth-order valence-corrected chi connectivity index (χ4v) is 1.39. The summed E-state index contributed by atoms with van der Waals surface area (Å²) in [6.07, 6.45) is -0.527. The quantitative estimate of drug-likeness (QED) is 0.649. The van der Waals surface area contributed by atoms with Crippen molar-refractivity contribution in [2.75, 3.05) is 19.7 Å².